The Morgan fingerprint density at radius 1 is 1.22 bits per heavy atom. The highest BCUT2D eigenvalue weighted by Gasteiger charge is 2.32. The van der Waals surface area contributed by atoms with Gasteiger partial charge in [0.05, 0.1) is 18.6 Å². The molecule has 0 radical (unpaired) electrons. The summed E-state index contributed by atoms with van der Waals surface area (Å²) in [5.41, 5.74) is -1.09. The molecule has 1 unspecified atom stereocenters. The number of alkyl halides is 3. The van der Waals surface area contributed by atoms with Gasteiger partial charge in [-0.25, -0.2) is 0 Å². The molecule has 128 valence electrons. The summed E-state index contributed by atoms with van der Waals surface area (Å²) in [6.45, 7) is 1.45. The number of carbonyl (C=O) groups is 2. The number of rotatable bonds is 7. The van der Waals surface area contributed by atoms with Crippen LogP contribution in [-0.4, -0.2) is 42.6 Å². The number of amides is 1. The van der Waals surface area contributed by atoms with Crippen LogP contribution < -0.4 is 10.1 Å². The average molecular weight is 335 g/mol. The topological polar surface area (TPSA) is 84.9 Å². The number of carboxylic acids is 1. The minimum atomic E-state index is -4.82. The van der Waals surface area contributed by atoms with Gasteiger partial charge in [0.25, 0.3) is 5.91 Å². The summed E-state index contributed by atoms with van der Waals surface area (Å²) in [6.07, 6.45) is -5.19. The van der Waals surface area contributed by atoms with E-state index in [2.05, 4.69) is 10.1 Å². The molecule has 0 fully saturated rings. The van der Waals surface area contributed by atoms with Gasteiger partial charge < -0.3 is 19.9 Å². The highest BCUT2D eigenvalue weighted by atomic mass is 19.4. The number of ether oxygens (including phenoxy) is 2. The average Bonchev–Trinajstić information content (AvgIpc) is 2.36. The summed E-state index contributed by atoms with van der Waals surface area (Å²) >= 11 is 0. The van der Waals surface area contributed by atoms with Gasteiger partial charge in [-0.15, -0.1) is 13.2 Å². The maximum absolute atomic E-state index is 12.1. The van der Waals surface area contributed by atoms with Gasteiger partial charge in [-0.05, 0) is 31.2 Å². The summed E-state index contributed by atoms with van der Waals surface area (Å²) < 4.78 is 44.8. The maximum atomic E-state index is 12.1. The van der Waals surface area contributed by atoms with Crippen molar-refractivity contribution in [2.75, 3.05) is 13.7 Å². The molecule has 1 atom stereocenters. The van der Waals surface area contributed by atoms with Crippen LogP contribution in [0.5, 0.6) is 5.75 Å². The van der Waals surface area contributed by atoms with Gasteiger partial charge in [-0.2, -0.15) is 0 Å². The molecular weight excluding hydrogens is 319 g/mol. The van der Waals surface area contributed by atoms with Crippen molar-refractivity contribution in [3.8, 4) is 5.75 Å². The summed E-state index contributed by atoms with van der Waals surface area (Å²) in [7, 11) is 1.36. The lowest BCUT2D eigenvalue weighted by Crippen LogP contribution is -2.50. The molecule has 2 N–H and O–H groups in total. The molecule has 0 saturated carbocycles. The monoisotopic (exact) mass is 335 g/mol. The number of nitrogens with one attached hydrogen (secondary N) is 1. The third kappa shape index (κ3) is 6.55. The summed E-state index contributed by atoms with van der Waals surface area (Å²) in [5, 5.41) is 11.4. The van der Waals surface area contributed by atoms with E-state index in [4.69, 9.17) is 9.84 Å². The normalized spacial score (nSPS) is 14.0. The van der Waals surface area contributed by atoms with Gasteiger partial charge in [0, 0.05) is 12.7 Å². The second kappa shape index (κ2) is 7.32. The van der Waals surface area contributed by atoms with E-state index in [1.54, 1.807) is 0 Å². The van der Waals surface area contributed by atoms with E-state index in [9.17, 15) is 22.8 Å². The number of carbonyl (C=O) groups excluding carboxylic acids is 1. The fraction of sp³-hybridized carbons (Fsp3) is 0.429. The number of benzene rings is 1. The SMILES string of the molecule is COCC(C)(CC(=O)O)NC(=O)c1ccc(OC(F)(F)F)cc1. The van der Waals surface area contributed by atoms with Crippen molar-refractivity contribution in [2.24, 2.45) is 0 Å². The van der Waals surface area contributed by atoms with Crippen molar-refractivity contribution < 1.29 is 37.3 Å². The Bertz CT molecular complexity index is 559. The van der Waals surface area contributed by atoms with Crippen LogP contribution in [0.1, 0.15) is 23.7 Å². The fourth-order valence-electron chi connectivity index (χ4n) is 1.94. The number of halogens is 3. The molecule has 1 aromatic rings. The molecule has 0 saturated heterocycles. The zero-order valence-corrected chi connectivity index (χ0v) is 12.4. The molecule has 6 nitrogen and oxygen atoms in total. The second-order valence-corrected chi connectivity index (χ2v) is 5.09. The summed E-state index contributed by atoms with van der Waals surface area (Å²) in [4.78, 5) is 22.9. The van der Waals surface area contributed by atoms with Gasteiger partial charge in [-0.3, -0.25) is 9.59 Å². The molecule has 1 rings (SSSR count). The first kappa shape index (κ1) is 18.8. The molecule has 0 aliphatic heterocycles. The molecule has 0 heterocycles. The Balaban J connectivity index is 2.81. The molecule has 0 spiro atoms. The first-order valence-corrected chi connectivity index (χ1v) is 6.44. The van der Waals surface area contributed by atoms with E-state index in [1.165, 1.54) is 14.0 Å². The third-order valence-corrected chi connectivity index (χ3v) is 2.77. The van der Waals surface area contributed by atoms with Crippen LogP contribution in [0.4, 0.5) is 13.2 Å². The quantitative estimate of drug-likeness (QED) is 0.798. The molecule has 1 amide bonds. The first-order valence-electron chi connectivity index (χ1n) is 6.44. The fourth-order valence-corrected chi connectivity index (χ4v) is 1.94. The van der Waals surface area contributed by atoms with E-state index < -0.39 is 29.5 Å². The molecule has 0 aliphatic carbocycles. The van der Waals surface area contributed by atoms with Crippen LogP contribution in [-0.2, 0) is 9.53 Å². The Labute approximate surface area is 130 Å². The molecule has 9 heteroatoms. The van der Waals surface area contributed by atoms with Crippen LogP contribution >= 0.6 is 0 Å². The number of methoxy groups -OCH3 is 1. The Hall–Kier alpha value is -2.29. The molecule has 0 aliphatic rings. The van der Waals surface area contributed by atoms with Crippen LogP contribution in [0.2, 0.25) is 0 Å². The lowest BCUT2D eigenvalue weighted by atomic mass is 9.98. The third-order valence-electron chi connectivity index (χ3n) is 2.77. The van der Waals surface area contributed by atoms with E-state index in [1.807, 2.05) is 0 Å². The van der Waals surface area contributed by atoms with Crippen LogP contribution in [0.25, 0.3) is 0 Å². The Morgan fingerprint density at radius 3 is 2.22 bits per heavy atom. The van der Waals surface area contributed by atoms with Crippen molar-refractivity contribution in [1.29, 1.82) is 0 Å². The number of carboxylic acid groups (broad SMARTS) is 1. The Kier molecular flexibility index (Phi) is 5.97. The highest BCUT2D eigenvalue weighted by Crippen LogP contribution is 2.23. The number of hydrogen-bond acceptors (Lipinski definition) is 4. The molecule has 0 bridgehead atoms. The zero-order valence-electron chi connectivity index (χ0n) is 12.4. The molecular formula is C14H16F3NO5. The van der Waals surface area contributed by atoms with Gasteiger partial charge in [0.1, 0.15) is 5.75 Å². The van der Waals surface area contributed by atoms with E-state index in [0.29, 0.717) is 0 Å². The summed E-state index contributed by atoms with van der Waals surface area (Å²) in [6, 6.07) is 4.27. The van der Waals surface area contributed by atoms with Gasteiger partial charge in [0.15, 0.2) is 0 Å². The Morgan fingerprint density at radius 2 is 1.78 bits per heavy atom. The van der Waals surface area contributed by atoms with Crippen molar-refractivity contribution in [1.82, 2.24) is 5.32 Å². The van der Waals surface area contributed by atoms with Gasteiger partial charge in [0.2, 0.25) is 0 Å². The number of hydrogen-bond donors (Lipinski definition) is 2. The zero-order chi connectivity index (χ0) is 17.7. The minimum Gasteiger partial charge on any atom is -0.481 e. The van der Waals surface area contributed by atoms with Gasteiger partial charge >= 0.3 is 12.3 Å². The highest BCUT2D eigenvalue weighted by molar-refractivity contribution is 5.95. The second-order valence-electron chi connectivity index (χ2n) is 5.09. The number of aliphatic carboxylic acids is 1. The van der Waals surface area contributed by atoms with Crippen molar-refractivity contribution in [2.45, 2.75) is 25.2 Å². The molecule has 1 aromatic carbocycles. The summed E-state index contributed by atoms with van der Waals surface area (Å²) in [5.74, 6) is -2.22. The lowest BCUT2D eigenvalue weighted by molar-refractivity contribution is -0.274. The predicted octanol–water partition coefficient (Wildman–Crippen LogP) is 2.19. The van der Waals surface area contributed by atoms with Crippen LogP contribution in [0.3, 0.4) is 0 Å². The van der Waals surface area contributed by atoms with Gasteiger partial charge in [-0.1, -0.05) is 0 Å². The largest absolute Gasteiger partial charge is 0.573 e. The standard InChI is InChI=1S/C14H16F3NO5/c1-13(8-22-2,7-11(19)20)18-12(21)9-3-5-10(6-4-9)23-14(15,16)17/h3-6H,7-8H2,1-2H3,(H,18,21)(H,19,20). The van der Waals surface area contributed by atoms with Crippen molar-refractivity contribution in [3.05, 3.63) is 29.8 Å². The first-order chi connectivity index (χ1) is 10.5. The van der Waals surface area contributed by atoms with Crippen molar-refractivity contribution >= 4 is 11.9 Å². The maximum Gasteiger partial charge on any atom is 0.573 e. The van der Waals surface area contributed by atoms with E-state index >= 15 is 0 Å². The minimum absolute atomic E-state index is 0.0414. The molecule has 23 heavy (non-hydrogen) atoms. The predicted molar refractivity (Wildman–Crippen MR) is 73.1 cm³/mol. The smallest absolute Gasteiger partial charge is 0.481 e. The van der Waals surface area contributed by atoms with Crippen molar-refractivity contribution in [3.63, 3.8) is 0 Å². The van der Waals surface area contributed by atoms with Crippen LogP contribution in [0, 0.1) is 0 Å². The van der Waals surface area contributed by atoms with E-state index in [-0.39, 0.29) is 18.6 Å². The molecule has 0 aromatic heterocycles. The lowest BCUT2D eigenvalue weighted by Gasteiger charge is -2.28. The van der Waals surface area contributed by atoms with Crippen LogP contribution in [0.15, 0.2) is 24.3 Å². The van der Waals surface area contributed by atoms with E-state index in [0.717, 1.165) is 24.3 Å².